The normalized spacial score (nSPS) is 25.3. The van der Waals surface area contributed by atoms with Gasteiger partial charge in [0, 0.05) is 27.6 Å². The van der Waals surface area contributed by atoms with Crippen molar-refractivity contribution in [2.75, 3.05) is 0 Å². The molecule has 0 spiro atoms. The summed E-state index contributed by atoms with van der Waals surface area (Å²) in [5, 5.41) is 10.8. The third-order valence-corrected chi connectivity index (χ3v) is 4.24. The maximum atomic E-state index is 9.56. The molecule has 0 amide bonds. The lowest BCUT2D eigenvalue weighted by Gasteiger charge is -2.27. The Bertz CT molecular complexity index is 526. The topological polar surface area (TPSA) is 25.2 Å². The summed E-state index contributed by atoms with van der Waals surface area (Å²) in [5.41, 5.74) is 1.30. The molecule has 3 heteroatoms. The number of rotatable bonds is 1. The van der Waals surface area contributed by atoms with Crippen molar-refractivity contribution in [3.05, 3.63) is 34.9 Å². The van der Waals surface area contributed by atoms with Gasteiger partial charge in [-0.15, -0.1) is 0 Å². The fourth-order valence-electron chi connectivity index (χ4n) is 2.79. The van der Waals surface area contributed by atoms with Crippen LogP contribution >= 0.6 is 15.9 Å². The summed E-state index contributed by atoms with van der Waals surface area (Å²) in [6.07, 6.45) is 6.13. The van der Waals surface area contributed by atoms with Gasteiger partial charge in [0.05, 0.1) is 6.10 Å². The zero-order chi connectivity index (χ0) is 11.8. The van der Waals surface area contributed by atoms with Crippen molar-refractivity contribution < 1.29 is 5.11 Å². The summed E-state index contributed by atoms with van der Waals surface area (Å²) in [4.78, 5) is 0. The van der Waals surface area contributed by atoms with Crippen LogP contribution in [0, 0.1) is 0 Å². The minimum Gasteiger partial charge on any atom is -0.393 e. The van der Waals surface area contributed by atoms with E-state index in [4.69, 9.17) is 0 Å². The number of aliphatic hydroxyl groups is 1. The van der Waals surface area contributed by atoms with Crippen LogP contribution in [0.15, 0.2) is 34.9 Å². The van der Waals surface area contributed by atoms with Crippen molar-refractivity contribution in [3.8, 4) is 0 Å². The van der Waals surface area contributed by atoms with Crippen LogP contribution in [0.1, 0.15) is 31.7 Å². The van der Waals surface area contributed by atoms with E-state index in [9.17, 15) is 5.11 Å². The monoisotopic (exact) mass is 293 g/mol. The molecule has 2 aromatic rings. The average molecular weight is 294 g/mol. The number of nitrogens with zero attached hydrogens (tertiary/aromatic N) is 1. The van der Waals surface area contributed by atoms with Gasteiger partial charge in [-0.3, -0.25) is 0 Å². The van der Waals surface area contributed by atoms with Gasteiger partial charge < -0.3 is 9.67 Å². The summed E-state index contributed by atoms with van der Waals surface area (Å²) in [5.74, 6) is 0. The second-order valence-electron chi connectivity index (χ2n) is 4.89. The smallest absolute Gasteiger partial charge is 0.0541 e. The van der Waals surface area contributed by atoms with Crippen molar-refractivity contribution in [1.29, 1.82) is 0 Å². The van der Waals surface area contributed by atoms with Gasteiger partial charge in [-0.2, -0.15) is 0 Å². The van der Waals surface area contributed by atoms with Crippen molar-refractivity contribution in [2.45, 2.75) is 37.8 Å². The molecule has 2 nitrogen and oxygen atoms in total. The van der Waals surface area contributed by atoms with E-state index in [1.165, 1.54) is 10.9 Å². The predicted molar refractivity (Wildman–Crippen MR) is 73.1 cm³/mol. The van der Waals surface area contributed by atoms with E-state index in [2.05, 4.69) is 51.0 Å². The van der Waals surface area contributed by atoms with Gasteiger partial charge in [-0.1, -0.05) is 15.9 Å². The van der Waals surface area contributed by atoms with E-state index in [0.717, 1.165) is 30.2 Å². The lowest BCUT2D eigenvalue weighted by Crippen LogP contribution is -2.20. The Hall–Kier alpha value is -0.800. The minimum absolute atomic E-state index is 0.0813. The van der Waals surface area contributed by atoms with Crippen LogP contribution in [0.4, 0.5) is 0 Å². The first-order valence-electron chi connectivity index (χ1n) is 6.18. The molecule has 1 saturated carbocycles. The molecule has 0 atom stereocenters. The van der Waals surface area contributed by atoms with Crippen LogP contribution < -0.4 is 0 Å². The van der Waals surface area contributed by atoms with Gasteiger partial charge in [-0.05, 0) is 49.9 Å². The van der Waals surface area contributed by atoms with Gasteiger partial charge in [0.25, 0.3) is 0 Å². The second kappa shape index (κ2) is 4.46. The third-order valence-electron chi connectivity index (χ3n) is 3.74. The molecule has 3 rings (SSSR count). The molecule has 90 valence electrons. The maximum Gasteiger partial charge on any atom is 0.0541 e. The Balaban J connectivity index is 1.95. The largest absolute Gasteiger partial charge is 0.393 e. The SMILES string of the molecule is OC1CCC(n2ccc3cc(Br)ccc32)CC1. The molecule has 1 aliphatic rings. The van der Waals surface area contributed by atoms with Crippen molar-refractivity contribution in [3.63, 3.8) is 0 Å². The van der Waals surface area contributed by atoms with E-state index in [-0.39, 0.29) is 6.10 Å². The summed E-state index contributed by atoms with van der Waals surface area (Å²) in [7, 11) is 0. The first kappa shape index (κ1) is 11.3. The molecule has 1 heterocycles. The highest BCUT2D eigenvalue weighted by molar-refractivity contribution is 9.10. The molecule has 1 aromatic carbocycles. The number of benzene rings is 1. The van der Waals surface area contributed by atoms with Gasteiger partial charge >= 0.3 is 0 Å². The van der Waals surface area contributed by atoms with Gasteiger partial charge in [0.15, 0.2) is 0 Å². The van der Waals surface area contributed by atoms with Crippen LogP contribution in [0.25, 0.3) is 10.9 Å². The molecule has 0 bridgehead atoms. The summed E-state index contributed by atoms with van der Waals surface area (Å²) < 4.78 is 3.50. The fourth-order valence-corrected chi connectivity index (χ4v) is 3.17. The summed E-state index contributed by atoms with van der Waals surface area (Å²) in [6, 6.07) is 9.15. The van der Waals surface area contributed by atoms with Crippen molar-refractivity contribution in [2.24, 2.45) is 0 Å². The molecule has 1 aromatic heterocycles. The van der Waals surface area contributed by atoms with Gasteiger partial charge in [-0.25, -0.2) is 0 Å². The number of aromatic nitrogens is 1. The van der Waals surface area contributed by atoms with Crippen LogP contribution in [0.5, 0.6) is 0 Å². The Morgan fingerprint density at radius 2 is 1.88 bits per heavy atom. The second-order valence-corrected chi connectivity index (χ2v) is 5.80. The van der Waals surface area contributed by atoms with Crippen LogP contribution in [0.2, 0.25) is 0 Å². The molecule has 1 fully saturated rings. The molecular weight excluding hydrogens is 278 g/mol. The molecule has 17 heavy (non-hydrogen) atoms. The summed E-state index contributed by atoms with van der Waals surface area (Å²) >= 11 is 3.50. The lowest BCUT2D eigenvalue weighted by atomic mass is 9.93. The Kier molecular flexibility index (Phi) is 2.97. The number of aliphatic hydroxyl groups excluding tert-OH is 1. The van der Waals surface area contributed by atoms with Crippen LogP contribution in [-0.2, 0) is 0 Å². The van der Waals surface area contributed by atoms with E-state index < -0.39 is 0 Å². The Morgan fingerprint density at radius 1 is 1.12 bits per heavy atom. The molecule has 0 saturated heterocycles. The highest BCUT2D eigenvalue weighted by Crippen LogP contribution is 2.32. The Labute approximate surface area is 109 Å². The van der Waals surface area contributed by atoms with Crippen molar-refractivity contribution in [1.82, 2.24) is 4.57 Å². The zero-order valence-electron chi connectivity index (χ0n) is 9.64. The highest BCUT2D eigenvalue weighted by Gasteiger charge is 2.21. The molecule has 1 aliphatic carbocycles. The van der Waals surface area contributed by atoms with E-state index in [1.807, 2.05) is 0 Å². The van der Waals surface area contributed by atoms with Crippen molar-refractivity contribution >= 4 is 26.8 Å². The minimum atomic E-state index is -0.0813. The van der Waals surface area contributed by atoms with E-state index in [0.29, 0.717) is 6.04 Å². The number of hydrogen-bond donors (Lipinski definition) is 1. The third kappa shape index (κ3) is 2.14. The highest BCUT2D eigenvalue weighted by atomic mass is 79.9. The molecule has 0 aliphatic heterocycles. The zero-order valence-corrected chi connectivity index (χ0v) is 11.2. The fraction of sp³-hybridized carbons (Fsp3) is 0.429. The lowest BCUT2D eigenvalue weighted by molar-refractivity contribution is 0.111. The quantitative estimate of drug-likeness (QED) is 0.848. The van der Waals surface area contributed by atoms with Crippen LogP contribution in [0.3, 0.4) is 0 Å². The Morgan fingerprint density at radius 3 is 2.65 bits per heavy atom. The standard InChI is InChI=1S/C14H16BrNO/c15-11-1-6-14-10(9-11)7-8-16(14)12-2-4-13(17)5-3-12/h1,6-9,12-13,17H,2-5H2. The van der Waals surface area contributed by atoms with E-state index in [1.54, 1.807) is 0 Å². The number of halogens is 1. The number of fused-ring (bicyclic) bond motifs is 1. The first-order valence-corrected chi connectivity index (χ1v) is 6.97. The summed E-state index contributed by atoms with van der Waals surface area (Å²) in [6.45, 7) is 0. The molecule has 0 unspecified atom stereocenters. The molecule has 1 N–H and O–H groups in total. The average Bonchev–Trinajstić information content (AvgIpc) is 2.73. The van der Waals surface area contributed by atoms with Gasteiger partial charge in [0.2, 0.25) is 0 Å². The van der Waals surface area contributed by atoms with Gasteiger partial charge in [0.1, 0.15) is 0 Å². The number of hydrogen-bond acceptors (Lipinski definition) is 1. The first-order chi connectivity index (χ1) is 8.24. The maximum absolute atomic E-state index is 9.56. The molecular formula is C14H16BrNO. The van der Waals surface area contributed by atoms with Crippen LogP contribution in [-0.4, -0.2) is 15.8 Å². The predicted octanol–water partition coefficient (Wildman–Crippen LogP) is 3.88. The van der Waals surface area contributed by atoms with E-state index >= 15 is 0 Å². The molecule has 0 radical (unpaired) electrons.